The normalized spacial score (nSPS) is 15.6. The van der Waals surface area contributed by atoms with E-state index in [4.69, 9.17) is 13.7 Å². The van der Waals surface area contributed by atoms with E-state index in [9.17, 15) is 8.42 Å². The Morgan fingerprint density at radius 2 is 1.69 bits per heavy atom. The van der Waals surface area contributed by atoms with Crippen LogP contribution in [0.2, 0.25) is 0 Å². The lowest BCUT2D eigenvalue weighted by molar-refractivity contribution is 0.413. The summed E-state index contributed by atoms with van der Waals surface area (Å²) < 4.78 is 40.5. The molecule has 3 aromatic rings. The molecule has 0 fully saturated rings. The number of para-hydroxylation sites is 2. The van der Waals surface area contributed by atoms with Crippen LogP contribution >= 0.6 is 0 Å². The quantitative estimate of drug-likeness (QED) is 0.414. The van der Waals surface area contributed by atoms with E-state index >= 15 is 0 Å². The third-order valence-corrected chi connectivity index (χ3v) is 7.70. The van der Waals surface area contributed by atoms with Crippen LogP contribution in [-0.2, 0) is 16.7 Å². The zero-order valence-corrected chi connectivity index (χ0v) is 21.9. The Kier molecular flexibility index (Phi) is 5.87. The second kappa shape index (κ2) is 8.78. The zero-order valence-electron chi connectivity index (χ0n) is 21.1. The summed E-state index contributed by atoms with van der Waals surface area (Å²) in [4.78, 5) is 2.29. The summed E-state index contributed by atoms with van der Waals surface area (Å²) in [7, 11) is -0.377. The Bertz CT molecular complexity index is 1480. The van der Waals surface area contributed by atoms with E-state index < -0.39 is 10.1 Å². The minimum absolute atomic E-state index is 0.108. The molecule has 5 rings (SSSR count). The molecule has 36 heavy (non-hydrogen) atoms. The first-order valence-electron chi connectivity index (χ1n) is 11.8. The van der Waals surface area contributed by atoms with Crippen LogP contribution in [-0.4, -0.2) is 33.9 Å². The number of methoxy groups -OCH3 is 2. The topological polar surface area (TPSA) is 77.1 Å². The highest BCUT2D eigenvalue weighted by Gasteiger charge is 2.37. The van der Waals surface area contributed by atoms with E-state index in [2.05, 4.69) is 48.3 Å². The standard InChI is InChI=1S/C28H30N2O5S/c1-6-36(31,32)35-18-11-12-20(26(15-18)34-5)19-13-14-22-27-21(19)17-30(24(27)16-28(2,3)29-22)23-9-7-8-10-25(23)33-4/h7-16,29H,6,17H2,1-5H3. The number of anilines is 2. The molecule has 1 N–H and O–H groups in total. The van der Waals surface area contributed by atoms with Gasteiger partial charge >= 0.3 is 10.1 Å². The van der Waals surface area contributed by atoms with Gasteiger partial charge in [0.1, 0.15) is 17.2 Å². The third-order valence-electron chi connectivity index (χ3n) is 6.55. The molecule has 2 aliphatic rings. The van der Waals surface area contributed by atoms with E-state index in [-0.39, 0.29) is 17.0 Å². The smallest absolute Gasteiger partial charge is 0.308 e. The van der Waals surface area contributed by atoms with Crippen LogP contribution in [0, 0.1) is 0 Å². The molecule has 7 nitrogen and oxygen atoms in total. The minimum Gasteiger partial charge on any atom is -0.496 e. The third kappa shape index (κ3) is 4.15. The lowest BCUT2D eigenvalue weighted by atomic mass is 9.89. The summed E-state index contributed by atoms with van der Waals surface area (Å²) in [5.41, 5.74) is 7.15. The van der Waals surface area contributed by atoms with Crippen LogP contribution in [0.5, 0.6) is 17.2 Å². The Balaban J connectivity index is 1.66. The summed E-state index contributed by atoms with van der Waals surface area (Å²) in [6, 6.07) is 17.4. The Labute approximate surface area is 212 Å². The molecule has 0 aromatic heterocycles. The predicted molar refractivity (Wildman–Crippen MR) is 143 cm³/mol. The van der Waals surface area contributed by atoms with Gasteiger partial charge in [-0.1, -0.05) is 18.2 Å². The van der Waals surface area contributed by atoms with Crippen molar-refractivity contribution >= 4 is 27.2 Å². The minimum atomic E-state index is -3.64. The summed E-state index contributed by atoms with van der Waals surface area (Å²) in [6.07, 6.45) is 2.26. The van der Waals surface area contributed by atoms with Gasteiger partial charge < -0.3 is 23.9 Å². The molecule has 2 aliphatic heterocycles. The van der Waals surface area contributed by atoms with Gasteiger partial charge in [0.05, 0.1) is 31.2 Å². The van der Waals surface area contributed by atoms with Gasteiger partial charge in [0.25, 0.3) is 0 Å². The molecule has 0 aliphatic carbocycles. The summed E-state index contributed by atoms with van der Waals surface area (Å²) >= 11 is 0. The van der Waals surface area contributed by atoms with E-state index in [1.54, 1.807) is 33.3 Å². The number of nitrogens with zero attached hydrogens (tertiary/aromatic N) is 1. The van der Waals surface area contributed by atoms with Crippen molar-refractivity contribution in [1.29, 1.82) is 0 Å². The van der Waals surface area contributed by atoms with Crippen molar-refractivity contribution in [2.24, 2.45) is 0 Å². The number of nitrogens with one attached hydrogen (secondary N) is 1. The number of hydrogen-bond donors (Lipinski definition) is 1. The van der Waals surface area contributed by atoms with Gasteiger partial charge in [-0.25, -0.2) is 0 Å². The van der Waals surface area contributed by atoms with Gasteiger partial charge in [-0.15, -0.1) is 0 Å². The Hall–Kier alpha value is -3.65. The first-order valence-corrected chi connectivity index (χ1v) is 13.4. The molecule has 188 valence electrons. The lowest BCUT2D eigenvalue weighted by Gasteiger charge is -2.33. The van der Waals surface area contributed by atoms with Gasteiger partial charge in [0.15, 0.2) is 0 Å². The van der Waals surface area contributed by atoms with Gasteiger partial charge in [0, 0.05) is 35.1 Å². The molecular formula is C28H30N2O5S. The average Bonchev–Trinajstić information content (AvgIpc) is 3.23. The van der Waals surface area contributed by atoms with Crippen LogP contribution in [0.25, 0.3) is 16.8 Å². The van der Waals surface area contributed by atoms with Crippen molar-refractivity contribution in [2.45, 2.75) is 32.9 Å². The summed E-state index contributed by atoms with van der Waals surface area (Å²) in [5, 5.41) is 3.64. The van der Waals surface area contributed by atoms with Crippen molar-refractivity contribution in [3.05, 3.63) is 71.8 Å². The van der Waals surface area contributed by atoms with Crippen molar-refractivity contribution in [2.75, 3.05) is 30.2 Å². The Morgan fingerprint density at radius 3 is 2.42 bits per heavy atom. The predicted octanol–water partition coefficient (Wildman–Crippen LogP) is 5.66. The molecule has 0 unspecified atom stereocenters. The highest BCUT2D eigenvalue weighted by atomic mass is 32.2. The lowest BCUT2D eigenvalue weighted by Crippen LogP contribution is -2.33. The second-order valence-corrected chi connectivity index (χ2v) is 11.3. The molecule has 0 saturated carbocycles. The molecule has 0 saturated heterocycles. The maximum absolute atomic E-state index is 12.0. The number of benzene rings is 3. The zero-order chi connectivity index (χ0) is 25.7. The maximum Gasteiger partial charge on any atom is 0.308 e. The van der Waals surface area contributed by atoms with Crippen molar-refractivity contribution in [3.8, 4) is 28.4 Å². The molecule has 0 amide bonds. The fourth-order valence-corrected chi connectivity index (χ4v) is 5.45. The van der Waals surface area contributed by atoms with Crippen LogP contribution < -0.4 is 23.9 Å². The van der Waals surface area contributed by atoms with Gasteiger partial charge in [0.2, 0.25) is 0 Å². The van der Waals surface area contributed by atoms with Crippen LogP contribution in [0.1, 0.15) is 31.9 Å². The fraction of sp³-hybridized carbons (Fsp3) is 0.286. The number of hydrogen-bond acceptors (Lipinski definition) is 7. The monoisotopic (exact) mass is 506 g/mol. The van der Waals surface area contributed by atoms with Crippen molar-refractivity contribution in [1.82, 2.24) is 0 Å². The fourth-order valence-electron chi connectivity index (χ4n) is 4.93. The molecule has 2 heterocycles. The highest BCUT2D eigenvalue weighted by Crippen LogP contribution is 2.51. The molecule has 0 atom stereocenters. The Morgan fingerprint density at radius 1 is 0.972 bits per heavy atom. The summed E-state index contributed by atoms with van der Waals surface area (Å²) in [6.45, 7) is 6.50. The maximum atomic E-state index is 12.0. The van der Waals surface area contributed by atoms with Crippen LogP contribution in [0.3, 0.4) is 0 Å². The van der Waals surface area contributed by atoms with Gasteiger partial charge in [-0.05, 0) is 68.3 Å². The van der Waals surface area contributed by atoms with E-state index in [1.165, 1.54) is 0 Å². The van der Waals surface area contributed by atoms with Crippen molar-refractivity contribution in [3.63, 3.8) is 0 Å². The summed E-state index contributed by atoms with van der Waals surface area (Å²) in [5.74, 6) is 1.47. The van der Waals surface area contributed by atoms with E-state index in [0.717, 1.165) is 45.1 Å². The van der Waals surface area contributed by atoms with Crippen LogP contribution in [0.15, 0.2) is 60.7 Å². The molecule has 0 bridgehead atoms. The van der Waals surface area contributed by atoms with E-state index in [1.807, 2.05) is 24.3 Å². The largest absolute Gasteiger partial charge is 0.496 e. The van der Waals surface area contributed by atoms with Crippen LogP contribution in [0.4, 0.5) is 11.4 Å². The highest BCUT2D eigenvalue weighted by molar-refractivity contribution is 7.87. The molecular weight excluding hydrogens is 476 g/mol. The molecule has 0 radical (unpaired) electrons. The van der Waals surface area contributed by atoms with Crippen molar-refractivity contribution < 1.29 is 22.1 Å². The molecule has 8 heteroatoms. The second-order valence-electron chi connectivity index (χ2n) is 9.44. The van der Waals surface area contributed by atoms with Gasteiger partial charge in [-0.2, -0.15) is 8.42 Å². The average molecular weight is 507 g/mol. The SMILES string of the molecule is CCS(=O)(=O)Oc1ccc(-c2ccc3c4c2CN(c2ccccc2OC)C4=CC(C)(C)N3)c(OC)c1. The molecule has 3 aromatic carbocycles. The number of ether oxygens (including phenoxy) is 2. The van der Waals surface area contributed by atoms with Gasteiger partial charge in [-0.3, -0.25) is 0 Å². The molecule has 0 spiro atoms. The van der Waals surface area contributed by atoms with E-state index in [0.29, 0.717) is 12.3 Å². The first kappa shape index (κ1) is 24.1. The number of rotatable bonds is 7. The first-order chi connectivity index (χ1) is 17.2.